The van der Waals surface area contributed by atoms with Gasteiger partial charge in [-0.1, -0.05) is 0 Å². The summed E-state index contributed by atoms with van der Waals surface area (Å²) in [5.74, 6) is -0.502. The molecule has 109 valence electrons. The summed E-state index contributed by atoms with van der Waals surface area (Å²) >= 11 is -1.69. The third-order valence-electron chi connectivity index (χ3n) is 4.32. The van der Waals surface area contributed by atoms with Crippen LogP contribution in [0.1, 0.15) is 52.4 Å². The molecule has 0 amide bonds. The second-order valence-electron chi connectivity index (χ2n) is 6.29. The van der Waals surface area contributed by atoms with Gasteiger partial charge in [0, 0.05) is 0 Å². The van der Waals surface area contributed by atoms with E-state index in [2.05, 4.69) is 51.2 Å². The van der Waals surface area contributed by atoms with Crippen molar-refractivity contribution < 1.29 is 20.6 Å². The van der Waals surface area contributed by atoms with Crippen molar-refractivity contribution in [3.63, 3.8) is 0 Å². The molecule has 2 aliphatic rings. The summed E-state index contributed by atoms with van der Waals surface area (Å²) in [6.45, 7) is 9.92. The SMILES string of the molecule is CCCC1=[C]([Hf]([C]2=C(CCC)C=CC2)[SiH](C)C)CC=C1. The van der Waals surface area contributed by atoms with Crippen LogP contribution >= 0.6 is 0 Å². The predicted molar refractivity (Wildman–Crippen MR) is 90.3 cm³/mol. The maximum absolute atomic E-state index is 2.63. The third kappa shape index (κ3) is 3.62. The molecule has 0 heterocycles. The van der Waals surface area contributed by atoms with Gasteiger partial charge >= 0.3 is 134 Å². The van der Waals surface area contributed by atoms with Crippen molar-refractivity contribution >= 4 is 5.98 Å². The van der Waals surface area contributed by atoms with Crippen molar-refractivity contribution in [2.24, 2.45) is 0 Å². The summed E-state index contributed by atoms with van der Waals surface area (Å²) in [6, 6.07) is 0. The van der Waals surface area contributed by atoms with Gasteiger partial charge in [-0.15, -0.1) is 0 Å². The zero-order valence-electron chi connectivity index (χ0n) is 13.6. The standard InChI is InChI=1S/2C8H11.C2H7Si.Hf/c2*1-2-5-8-6-3-4-7-8;1-3-2;/h2*3,6H,2,4-5H2,1H3;3H,1-2H3;. The van der Waals surface area contributed by atoms with Crippen LogP contribution in [0.4, 0.5) is 0 Å². The topological polar surface area (TPSA) is 0 Å². The molecule has 0 saturated heterocycles. The molecule has 0 aromatic heterocycles. The molecule has 0 spiro atoms. The second-order valence-corrected chi connectivity index (χ2v) is 33.1. The Morgan fingerprint density at radius 3 is 1.70 bits per heavy atom. The average molecular weight is 452 g/mol. The van der Waals surface area contributed by atoms with Gasteiger partial charge in [0.25, 0.3) is 0 Å². The Morgan fingerprint density at radius 2 is 1.35 bits per heavy atom. The normalized spacial score (nSPS) is 18.1. The Balaban J connectivity index is 2.33. The molecule has 0 N–H and O–H groups in total. The van der Waals surface area contributed by atoms with Gasteiger partial charge in [-0.25, -0.2) is 0 Å². The molecular weight excluding hydrogens is 423 g/mol. The summed E-state index contributed by atoms with van der Waals surface area (Å²) < 4.78 is 3.98. The summed E-state index contributed by atoms with van der Waals surface area (Å²) in [6.07, 6.45) is 17.7. The van der Waals surface area contributed by atoms with E-state index in [9.17, 15) is 0 Å². The number of hydrogen-bond donors (Lipinski definition) is 0. The van der Waals surface area contributed by atoms with Gasteiger partial charge in [0.1, 0.15) is 0 Å². The van der Waals surface area contributed by atoms with Gasteiger partial charge in [0.15, 0.2) is 0 Å². The monoisotopic (exact) mass is 453 g/mol. The molecule has 0 fully saturated rings. The Morgan fingerprint density at radius 1 is 0.900 bits per heavy atom. The zero-order chi connectivity index (χ0) is 14.5. The van der Waals surface area contributed by atoms with E-state index in [1.807, 2.05) is 6.66 Å². The average Bonchev–Trinajstić information content (AvgIpc) is 3.02. The van der Waals surface area contributed by atoms with E-state index in [4.69, 9.17) is 0 Å². The fourth-order valence-electron chi connectivity index (χ4n) is 3.55. The van der Waals surface area contributed by atoms with Crippen LogP contribution in [-0.2, 0) is 20.6 Å². The second kappa shape index (κ2) is 7.89. The van der Waals surface area contributed by atoms with Crippen molar-refractivity contribution in [2.45, 2.75) is 65.5 Å². The van der Waals surface area contributed by atoms with Gasteiger partial charge in [0.2, 0.25) is 0 Å². The first kappa shape index (κ1) is 16.4. The predicted octanol–water partition coefficient (Wildman–Crippen LogP) is 5.62. The molecule has 0 aromatic carbocycles. The molecule has 0 aliphatic heterocycles. The van der Waals surface area contributed by atoms with Crippen molar-refractivity contribution in [2.75, 3.05) is 0 Å². The van der Waals surface area contributed by atoms with Gasteiger partial charge in [-0.05, 0) is 0 Å². The number of hydrogen-bond acceptors (Lipinski definition) is 0. The molecule has 2 aliphatic carbocycles. The molecule has 0 nitrogen and oxygen atoms in total. The summed E-state index contributed by atoms with van der Waals surface area (Å²) in [5, 5.41) is 0. The van der Waals surface area contributed by atoms with Crippen LogP contribution in [0.25, 0.3) is 0 Å². The van der Waals surface area contributed by atoms with E-state index in [0.717, 1.165) is 0 Å². The van der Waals surface area contributed by atoms with Crippen molar-refractivity contribution in [1.29, 1.82) is 0 Å². The molecular formula is C18H29HfSi. The van der Waals surface area contributed by atoms with Crippen LogP contribution in [0.3, 0.4) is 0 Å². The van der Waals surface area contributed by atoms with E-state index in [1.165, 1.54) is 38.5 Å². The molecule has 0 atom stereocenters. The van der Waals surface area contributed by atoms with E-state index < -0.39 is 26.6 Å². The third-order valence-corrected chi connectivity index (χ3v) is 32.1. The van der Waals surface area contributed by atoms with E-state index in [0.29, 0.717) is 0 Å². The Bertz CT molecular complexity index is 426. The Labute approximate surface area is 133 Å². The van der Waals surface area contributed by atoms with E-state index >= 15 is 0 Å². The minimum atomic E-state index is -1.69. The van der Waals surface area contributed by atoms with Crippen molar-refractivity contribution in [3.8, 4) is 0 Å². The van der Waals surface area contributed by atoms with Gasteiger partial charge in [-0.3, -0.25) is 0 Å². The molecule has 0 radical (unpaired) electrons. The fraction of sp³-hybridized carbons (Fsp3) is 0.556. The van der Waals surface area contributed by atoms with Crippen molar-refractivity contribution in [1.82, 2.24) is 0 Å². The summed E-state index contributed by atoms with van der Waals surface area (Å²) in [7, 11) is 0. The molecule has 0 unspecified atom stereocenters. The summed E-state index contributed by atoms with van der Waals surface area (Å²) in [5.41, 5.74) is 3.51. The first-order valence-electron chi connectivity index (χ1n) is 8.33. The Hall–Kier alpha value is 0.0470. The first-order chi connectivity index (χ1) is 9.69. The Kier molecular flexibility index (Phi) is 6.47. The quantitative estimate of drug-likeness (QED) is 0.441. The van der Waals surface area contributed by atoms with Crippen LogP contribution in [0.5, 0.6) is 0 Å². The molecule has 2 heteroatoms. The zero-order valence-corrected chi connectivity index (χ0v) is 18.4. The summed E-state index contributed by atoms with van der Waals surface area (Å²) in [4.78, 5) is 0. The molecule has 2 rings (SSSR count). The molecule has 0 bridgehead atoms. The van der Waals surface area contributed by atoms with Crippen LogP contribution in [0, 0.1) is 0 Å². The fourth-order valence-corrected chi connectivity index (χ4v) is 32.7. The van der Waals surface area contributed by atoms with Gasteiger partial charge < -0.3 is 0 Å². The number of allylic oxidation sites excluding steroid dienone is 8. The molecule has 20 heavy (non-hydrogen) atoms. The van der Waals surface area contributed by atoms with Crippen molar-refractivity contribution in [3.05, 3.63) is 42.1 Å². The van der Waals surface area contributed by atoms with Crippen LogP contribution < -0.4 is 0 Å². The van der Waals surface area contributed by atoms with Crippen LogP contribution in [-0.4, -0.2) is 5.98 Å². The number of rotatable bonds is 7. The van der Waals surface area contributed by atoms with E-state index in [1.54, 1.807) is 11.1 Å². The first-order valence-corrected chi connectivity index (χ1v) is 21.0. The van der Waals surface area contributed by atoms with Crippen LogP contribution in [0.15, 0.2) is 42.1 Å². The molecule has 0 saturated carbocycles. The maximum atomic E-state index is 2.63. The van der Waals surface area contributed by atoms with Gasteiger partial charge in [0.05, 0.1) is 0 Å². The minimum absolute atomic E-state index is 0.502. The molecule has 0 aromatic rings. The van der Waals surface area contributed by atoms with Crippen LogP contribution in [0.2, 0.25) is 13.1 Å². The van der Waals surface area contributed by atoms with Gasteiger partial charge in [-0.2, -0.15) is 0 Å². The van der Waals surface area contributed by atoms with E-state index in [-0.39, 0.29) is 0 Å².